The number of thioether (sulfide) groups is 1. The third kappa shape index (κ3) is 4.18. The van der Waals surface area contributed by atoms with Gasteiger partial charge in [0, 0.05) is 47.9 Å². The lowest BCUT2D eigenvalue weighted by Crippen LogP contribution is -2.50. The van der Waals surface area contributed by atoms with E-state index in [1.54, 1.807) is 0 Å². The molecule has 2 rings (SSSR count). The van der Waals surface area contributed by atoms with Gasteiger partial charge in [0.2, 0.25) is 0 Å². The molecule has 1 aliphatic heterocycles. The maximum atomic E-state index is 5.86. The Morgan fingerprint density at radius 1 is 1.41 bits per heavy atom. The molecule has 1 fully saturated rings. The zero-order chi connectivity index (χ0) is 12.1. The Kier molecular flexibility index (Phi) is 5.16. The molecule has 4 heteroatoms. The van der Waals surface area contributed by atoms with Crippen molar-refractivity contribution in [3.8, 4) is 0 Å². The average Bonchev–Trinajstić information content (AvgIpc) is 2.34. The van der Waals surface area contributed by atoms with E-state index in [9.17, 15) is 0 Å². The van der Waals surface area contributed by atoms with Gasteiger partial charge in [0.15, 0.2) is 0 Å². The summed E-state index contributed by atoms with van der Waals surface area (Å²) in [6.07, 6.45) is 0. The second kappa shape index (κ2) is 6.64. The Balaban J connectivity index is 1.73. The Labute approximate surface area is 113 Å². The molecule has 1 saturated heterocycles. The molecule has 0 amide bonds. The zero-order valence-corrected chi connectivity index (χ0v) is 11.7. The highest BCUT2D eigenvalue weighted by Gasteiger charge is 2.16. The van der Waals surface area contributed by atoms with Crippen LogP contribution >= 0.6 is 23.4 Å². The SMILES string of the molecule is C[C@@H]1CNCCN1CCSc1ccc(Cl)cc1. The number of nitrogens with zero attached hydrogens (tertiary/aromatic N) is 1. The lowest BCUT2D eigenvalue weighted by molar-refractivity contribution is 0.185. The highest BCUT2D eigenvalue weighted by Crippen LogP contribution is 2.20. The summed E-state index contributed by atoms with van der Waals surface area (Å²) in [5.74, 6) is 1.14. The van der Waals surface area contributed by atoms with Crippen molar-refractivity contribution < 1.29 is 0 Å². The fourth-order valence-corrected chi connectivity index (χ4v) is 3.04. The summed E-state index contributed by atoms with van der Waals surface area (Å²) in [5.41, 5.74) is 0. The van der Waals surface area contributed by atoms with Gasteiger partial charge >= 0.3 is 0 Å². The van der Waals surface area contributed by atoms with Crippen LogP contribution in [0, 0.1) is 0 Å². The Morgan fingerprint density at radius 3 is 2.88 bits per heavy atom. The van der Waals surface area contributed by atoms with Gasteiger partial charge in [-0.1, -0.05) is 11.6 Å². The molecule has 2 nitrogen and oxygen atoms in total. The van der Waals surface area contributed by atoms with Gasteiger partial charge in [0.05, 0.1) is 0 Å². The molecule has 0 aliphatic carbocycles. The minimum Gasteiger partial charge on any atom is -0.314 e. The predicted molar refractivity (Wildman–Crippen MR) is 76.1 cm³/mol. The normalized spacial score (nSPS) is 21.6. The topological polar surface area (TPSA) is 15.3 Å². The minimum atomic E-state index is 0.662. The van der Waals surface area contributed by atoms with Crippen molar-refractivity contribution in [3.05, 3.63) is 29.3 Å². The van der Waals surface area contributed by atoms with E-state index in [1.807, 2.05) is 23.9 Å². The largest absolute Gasteiger partial charge is 0.314 e. The molecular weight excluding hydrogens is 252 g/mol. The summed E-state index contributed by atoms with van der Waals surface area (Å²) >= 11 is 7.77. The van der Waals surface area contributed by atoms with Gasteiger partial charge in [0.25, 0.3) is 0 Å². The van der Waals surface area contributed by atoms with E-state index >= 15 is 0 Å². The van der Waals surface area contributed by atoms with E-state index in [1.165, 1.54) is 11.4 Å². The first kappa shape index (κ1) is 13.2. The molecule has 0 radical (unpaired) electrons. The Morgan fingerprint density at radius 2 is 2.18 bits per heavy atom. The number of rotatable bonds is 4. The van der Waals surface area contributed by atoms with E-state index in [4.69, 9.17) is 11.6 Å². The molecule has 0 bridgehead atoms. The maximum Gasteiger partial charge on any atom is 0.0406 e. The molecule has 1 N–H and O–H groups in total. The highest BCUT2D eigenvalue weighted by molar-refractivity contribution is 7.99. The van der Waals surface area contributed by atoms with Crippen molar-refractivity contribution in [3.63, 3.8) is 0 Å². The van der Waals surface area contributed by atoms with Gasteiger partial charge in [0.1, 0.15) is 0 Å². The summed E-state index contributed by atoms with van der Waals surface area (Å²) in [5, 5.41) is 4.23. The predicted octanol–water partition coefficient (Wildman–Crippen LogP) is 2.73. The summed E-state index contributed by atoms with van der Waals surface area (Å²) in [6, 6.07) is 8.76. The Bertz CT molecular complexity index is 342. The second-order valence-electron chi connectivity index (χ2n) is 4.39. The van der Waals surface area contributed by atoms with Gasteiger partial charge in [-0.15, -0.1) is 11.8 Å². The molecule has 94 valence electrons. The molecule has 17 heavy (non-hydrogen) atoms. The summed E-state index contributed by atoms with van der Waals surface area (Å²) < 4.78 is 0. The van der Waals surface area contributed by atoms with Gasteiger partial charge in [-0.3, -0.25) is 4.90 Å². The minimum absolute atomic E-state index is 0.662. The van der Waals surface area contributed by atoms with Crippen LogP contribution in [0.4, 0.5) is 0 Å². The van der Waals surface area contributed by atoms with Gasteiger partial charge in [-0.05, 0) is 31.2 Å². The van der Waals surface area contributed by atoms with Crippen LogP contribution < -0.4 is 5.32 Å². The van der Waals surface area contributed by atoms with Crippen molar-refractivity contribution in [2.45, 2.75) is 17.9 Å². The average molecular weight is 271 g/mol. The number of benzene rings is 1. The summed E-state index contributed by atoms with van der Waals surface area (Å²) in [7, 11) is 0. The van der Waals surface area contributed by atoms with E-state index in [0.29, 0.717) is 6.04 Å². The smallest absolute Gasteiger partial charge is 0.0406 e. The van der Waals surface area contributed by atoms with Gasteiger partial charge in [-0.25, -0.2) is 0 Å². The van der Waals surface area contributed by atoms with Crippen LogP contribution in [-0.4, -0.2) is 42.9 Å². The van der Waals surface area contributed by atoms with Crippen LogP contribution in [0.1, 0.15) is 6.92 Å². The van der Waals surface area contributed by atoms with E-state index in [0.717, 1.165) is 30.4 Å². The number of piperazine rings is 1. The van der Waals surface area contributed by atoms with Crippen molar-refractivity contribution in [1.82, 2.24) is 10.2 Å². The van der Waals surface area contributed by atoms with Crippen LogP contribution in [-0.2, 0) is 0 Å². The van der Waals surface area contributed by atoms with Crippen LogP contribution in [0.5, 0.6) is 0 Å². The molecule has 0 spiro atoms. The number of hydrogen-bond donors (Lipinski definition) is 1. The molecule has 1 aliphatic rings. The summed E-state index contributed by atoms with van der Waals surface area (Å²) in [6.45, 7) is 6.86. The second-order valence-corrected chi connectivity index (χ2v) is 6.00. The first-order valence-corrected chi connectivity index (χ1v) is 7.45. The number of nitrogens with one attached hydrogen (secondary N) is 1. The third-order valence-corrected chi connectivity index (χ3v) is 4.34. The highest BCUT2D eigenvalue weighted by atomic mass is 35.5. The third-order valence-electron chi connectivity index (χ3n) is 3.10. The van der Waals surface area contributed by atoms with Crippen LogP contribution in [0.2, 0.25) is 5.02 Å². The molecular formula is C13H19ClN2S. The first-order valence-electron chi connectivity index (χ1n) is 6.09. The van der Waals surface area contributed by atoms with E-state index < -0.39 is 0 Å². The van der Waals surface area contributed by atoms with E-state index in [-0.39, 0.29) is 0 Å². The van der Waals surface area contributed by atoms with Crippen molar-refractivity contribution in [1.29, 1.82) is 0 Å². The Hall–Kier alpha value is -0.220. The van der Waals surface area contributed by atoms with Crippen molar-refractivity contribution in [2.75, 3.05) is 31.9 Å². The maximum absolute atomic E-state index is 5.86. The van der Waals surface area contributed by atoms with Crippen molar-refractivity contribution >= 4 is 23.4 Å². The van der Waals surface area contributed by atoms with E-state index in [2.05, 4.69) is 29.3 Å². The monoisotopic (exact) mass is 270 g/mol. The fraction of sp³-hybridized carbons (Fsp3) is 0.538. The lowest BCUT2D eigenvalue weighted by Gasteiger charge is -2.33. The lowest BCUT2D eigenvalue weighted by atomic mass is 10.2. The first-order chi connectivity index (χ1) is 8.25. The molecule has 0 aromatic heterocycles. The molecule has 0 unspecified atom stereocenters. The molecule has 1 atom stereocenters. The standard InChI is InChI=1S/C13H19ClN2S/c1-11-10-15-6-7-16(11)8-9-17-13-4-2-12(14)3-5-13/h2-5,11,15H,6-10H2,1H3/t11-/m1/s1. The van der Waals surface area contributed by atoms with Crippen molar-refractivity contribution in [2.24, 2.45) is 0 Å². The van der Waals surface area contributed by atoms with Gasteiger partial charge in [-0.2, -0.15) is 0 Å². The fourth-order valence-electron chi connectivity index (χ4n) is 2.03. The number of halogens is 1. The molecule has 1 aromatic rings. The zero-order valence-electron chi connectivity index (χ0n) is 10.2. The van der Waals surface area contributed by atoms with Crippen LogP contribution in [0.3, 0.4) is 0 Å². The van der Waals surface area contributed by atoms with Gasteiger partial charge < -0.3 is 5.32 Å². The molecule has 1 heterocycles. The van der Waals surface area contributed by atoms with Crippen LogP contribution in [0.25, 0.3) is 0 Å². The molecule has 0 saturated carbocycles. The number of hydrogen-bond acceptors (Lipinski definition) is 3. The molecule has 1 aromatic carbocycles. The quantitative estimate of drug-likeness (QED) is 0.847. The summed E-state index contributed by atoms with van der Waals surface area (Å²) in [4.78, 5) is 3.86. The van der Waals surface area contributed by atoms with Crippen LogP contribution in [0.15, 0.2) is 29.2 Å².